The van der Waals surface area contributed by atoms with Gasteiger partial charge in [-0.1, -0.05) is 108 Å². The van der Waals surface area contributed by atoms with Crippen LogP contribution in [0.5, 0.6) is 0 Å². The molecule has 0 saturated heterocycles. The quantitative estimate of drug-likeness (QED) is 0.412. The topological polar surface area (TPSA) is 3.24 Å². The van der Waals surface area contributed by atoms with Crippen molar-refractivity contribution in [1.29, 1.82) is 0 Å². The Morgan fingerprint density at radius 2 is 1.77 bits per heavy atom. The molecule has 2 aromatic rings. The van der Waals surface area contributed by atoms with Gasteiger partial charge in [-0.25, -0.2) is 0 Å². The lowest BCUT2D eigenvalue weighted by molar-refractivity contribution is 0.313. The highest BCUT2D eigenvalue weighted by Crippen LogP contribution is 2.76. The van der Waals surface area contributed by atoms with Crippen LogP contribution in [-0.2, 0) is 10.8 Å². The lowest BCUT2D eigenvalue weighted by Crippen LogP contribution is -2.49. The molecule has 3 aliphatic carbocycles. The zero-order valence-electron chi connectivity index (χ0n) is 21.9. The highest BCUT2D eigenvalue weighted by Gasteiger charge is 2.77. The molecule has 6 rings (SSSR count). The highest BCUT2D eigenvalue weighted by atomic mass is 15.3. The second-order valence-electron chi connectivity index (χ2n) is 12.0. The van der Waals surface area contributed by atoms with Gasteiger partial charge in [-0.15, -0.1) is 0 Å². The first-order chi connectivity index (χ1) is 16.7. The molecule has 1 nitrogen and oxygen atoms in total. The first-order valence-electron chi connectivity index (χ1n) is 13.1. The Kier molecular flexibility index (Phi) is 4.63. The Bertz CT molecular complexity index is 1360. The van der Waals surface area contributed by atoms with Crippen LogP contribution in [0.2, 0.25) is 0 Å². The maximum absolute atomic E-state index is 3.97. The third-order valence-electron chi connectivity index (χ3n) is 9.53. The molecule has 178 valence electrons. The fourth-order valence-electron chi connectivity index (χ4n) is 7.44. The summed E-state index contributed by atoms with van der Waals surface area (Å²) < 4.78 is 0. The maximum atomic E-state index is 3.97. The van der Waals surface area contributed by atoms with Gasteiger partial charge in [-0.2, -0.15) is 0 Å². The van der Waals surface area contributed by atoms with Crippen molar-refractivity contribution in [1.82, 2.24) is 0 Å². The Labute approximate surface area is 211 Å². The summed E-state index contributed by atoms with van der Waals surface area (Å²) in [5.74, 6) is 0. The van der Waals surface area contributed by atoms with E-state index in [9.17, 15) is 0 Å². The summed E-state index contributed by atoms with van der Waals surface area (Å²) in [5.41, 5.74) is 10.1. The summed E-state index contributed by atoms with van der Waals surface area (Å²) in [5, 5.41) is 0. The minimum Gasteiger partial charge on any atom is -0.331 e. The van der Waals surface area contributed by atoms with Gasteiger partial charge in [0.05, 0.1) is 5.54 Å². The third-order valence-corrected chi connectivity index (χ3v) is 9.53. The molecule has 0 radical (unpaired) electrons. The van der Waals surface area contributed by atoms with E-state index in [-0.39, 0.29) is 21.8 Å². The van der Waals surface area contributed by atoms with E-state index in [4.69, 9.17) is 0 Å². The molecule has 35 heavy (non-hydrogen) atoms. The number of nitrogens with zero attached hydrogens (tertiary/aromatic N) is 1. The molecule has 0 aromatic heterocycles. The van der Waals surface area contributed by atoms with Gasteiger partial charge < -0.3 is 4.90 Å². The summed E-state index contributed by atoms with van der Waals surface area (Å²) in [4.78, 5) is 2.67. The summed E-state index contributed by atoms with van der Waals surface area (Å²) in [6.45, 7) is 15.8. The van der Waals surface area contributed by atoms with E-state index >= 15 is 0 Å². The van der Waals surface area contributed by atoms with E-state index in [1.807, 2.05) is 6.08 Å². The number of hydrogen-bond acceptors (Lipinski definition) is 1. The van der Waals surface area contributed by atoms with Crippen molar-refractivity contribution in [2.75, 3.05) is 4.90 Å². The predicted octanol–water partition coefficient (Wildman–Crippen LogP) is 8.96. The number of hydrogen-bond donors (Lipinski definition) is 0. The van der Waals surface area contributed by atoms with Crippen molar-refractivity contribution in [3.8, 4) is 0 Å². The highest BCUT2D eigenvalue weighted by molar-refractivity contribution is 5.83. The van der Waals surface area contributed by atoms with Gasteiger partial charge in [0.2, 0.25) is 0 Å². The van der Waals surface area contributed by atoms with Crippen molar-refractivity contribution in [3.63, 3.8) is 0 Å². The average molecular weight is 460 g/mol. The van der Waals surface area contributed by atoms with Gasteiger partial charge in [0.15, 0.2) is 0 Å². The van der Waals surface area contributed by atoms with Gasteiger partial charge >= 0.3 is 0 Å². The normalized spacial score (nSPS) is 29.9. The van der Waals surface area contributed by atoms with Gasteiger partial charge in [0, 0.05) is 22.2 Å². The first-order valence-corrected chi connectivity index (χ1v) is 13.1. The molecule has 0 bridgehead atoms. The standard InChI is InChI=1S/C34H37N/c1-7-24(8-2)15-16-25-22-31(3,4)29-21-26(17-18-27(25)29)35-30-14-10-9-13-28(30)32(5,6)33-19-11-12-20-34(33,35)23-33/h7,9-21H,1,8,22-23H2,2-6H3/b24-15-,25-16+. The Morgan fingerprint density at radius 1 is 1.00 bits per heavy atom. The fourth-order valence-corrected chi connectivity index (χ4v) is 7.44. The summed E-state index contributed by atoms with van der Waals surface area (Å²) in [7, 11) is 0. The molecule has 0 amide bonds. The summed E-state index contributed by atoms with van der Waals surface area (Å²) in [6.07, 6.45) is 19.3. The number of para-hydroxylation sites is 1. The third kappa shape index (κ3) is 2.82. The fraction of sp³-hybridized carbons (Fsp3) is 0.353. The molecule has 1 saturated carbocycles. The van der Waals surface area contributed by atoms with Gasteiger partial charge in [-0.3, -0.25) is 0 Å². The molecule has 2 atom stereocenters. The van der Waals surface area contributed by atoms with E-state index < -0.39 is 0 Å². The van der Waals surface area contributed by atoms with Gasteiger partial charge in [-0.05, 0) is 70.7 Å². The van der Waals surface area contributed by atoms with Crippen LogP contribution in [0.15, 0.2) is 97.1 Å². The smallest absolute Gasteiger partial charge is 0.0746 e. The van der Waals surface area contributed by atoms with Crippen molar-refractivity contribution >= 4 is 16.9 Å². The molecular weight excluding hydrogens is 422 g/mol. The SMILES string of the molecule is C=C/C(=C/C=C1\CC(C)(C)c2cc(N3c4ccccc4C(C)(C)C45C=CC=CC34C5)ccc21)CC. The van der Waals surface area contributed by atoms with Crippen LogP contribution in [0, 0.1) is 5.41 Å². The number of benzene rings is 2. The van der Waals surface area contributed by atoms with Crippen LogP contribution in [0.1, 0.15) is 70.6 Å². The van der Waals surface area contributed by atoms with E-state index in [1.54, 1.807) is 0 Å². The molecule has 1 aliphatic heterocycles. The average Bonchev–Trinajstić information content (AvgIpc) is 3.50. The van der Waals surface area contributed by atoms with Crippen LogP contribution >= 0.6 is 0 Å². The zero-order valence-corrected chi connectivity index (χ0v) is 21.9. The van der Waals surface area contributed by atoms with Crippen LogP contribution in [0.25, 0.3) is 5.57 Å². The molecule has 4 aliphatic rings. The molecular formula is C34H37N. The largest absolute Gasteiger partial charge is 0.331 e. The van der Waals surface area contributed by atoms with Gasteiger partial charge in [0.25, 0.3) is 0 Å². The van der Waals surface area contributed by atoms with Crippen molar-refractivity contribution in [2.24, 2.45) is 5.41 Å². The minimum absolute atomic E-state index is 0.0119. The molecule has 2 unspecified atom stereocenters. The Hall–Kier alpha value is -3.06. The Balaban J connectivity index is 1.52. The van der Waals surface area contributed by atoms with Crippen LogP contribution in [-0.4, -0.2) is 5.54 Å². The molecule has 0 spiro atoms. The van der Waals surface area contributed by atoms with Crippen LogP contribution < -0.4 is 4.90 Å². The molecule has 2 aromatic carbocycles. The number of anilines is 2. The first kappa shape index (κ1) is 22.4. The van der Waals surface area contributed by atoms with Crippen LogP contribution in [0.4, 0.5) is 11.4 Å². The van der Waals surface area contributed by atoms with Crippen molar-refractivity contribution in [2.45, 2.75) is 70.3 Å². The summed E-state index contributed by atoms with van der Waals surface area (Å²) >= 11 is 0. The minimum atomic E-state index is 0.0119. The van der Waals surface area contributed by atoms with E-state index in [0.717, 1.165) is 19.3 Å². The van der Waals surface area contributed by atoms with Crippen LogP contribution in [0.3, 0.4) is 0 Å². The molecule has 1 fully saturated rings. The molecule has 1 heterocycles. The number of allylic oxidation sites excluding steroid dienone is 7. The van der Waals surface area contributed by atoms with Crippen molar-refractivity contribution in [3.05, 3.63) is 114 Å². The summed E-state index contributed by atoms with van der Waals surface area (Å²) in [6, 6.07) is 16.3. The monoisotopic (exact) mass is 459 g/mol. The molecule has 1 heteroatoms. The predicted molar refractivity (Wildman–Crippen MR) is 150 cm³/mol. The maximum Gasteiger partial charge on any atom is 0.0746 e. The second kappa shape index (κ2) is 7.23. The van der Waals surface area contributed by atoms with E-state index in [0.29, 0.717) is 0 Å². The lowest BCUT2D eigenvalue weighted by atomic mass is 9.64. The number of fused-ring (bicyclic) bond motifs is 2. The Morgan fingerprint density at radius 3 is 2.54 bits per heavy atom. The molecule has 0 N–H and O–H groups in total. The van der Waals surface area contributed by atoms with E-state index in [1.165, 1.54) is 39.2 Å². The van der Waals surface area contributed by atoms with Crippen molar-refractivity contribution < 1.29 is 0 Å². The second-order valence-corrected chi connectivity index (χ2v) is 12.0. The van der Waals surface area contributed by atoms with E-state index in [2.05, 4.69) is 125 Å². The number of rotatable bonds is 4. The lowest BCUT2D eigenvalue weighted by Gasteiger charge is -2.50. The zero-order chi connectivity index (χ0) is 24.6. The van der Waals surface area contributed by atoms with Gasteiger partial charge in [0.1, 0.15) is 0 Å².